The quantitative estimate of drug-likeness (QED) is 0.300. The molecular formula is C26H18N4O4S4. The molecule has 2 aliphatic rings. The highest BCUT2D eigenvalue weighted by Crippen LogP contribution is 2.34. The first-order valence-corrected chi connectivity index (χ1v) is 15.1. The molecule has 2 aromatic carbocycles. The third-order valence-electron chi connectivity index (χ3n) is 6.07. The molecule has 38 heavy (non-hydrogen) atoms. The maximum atomic E-state index is 11.8. The predicted molar refractivity (Wildman–Crippen MR) is 151 cm³/mol. The predicted octanol–water partition coefficient (Wildman–Crippen LogP) is 5.39. The van der Waals surface area contributed by atoms with Crippen molar-refractivity contribution in [2.24, 2.45) is 0 Å². The van der Waals surface area contributed by atoms with E-state index in [0.29, 0.717) is 12.8 Å². The van der Waals surface area contributed by atoms with E-state index >= 15 is 0 Å². The molecule has 12 heteroatoms. The van der Waals surface area contributed by atoms with Crippen LogP contribution in [0.2, 0.25) is 0 Å². The Balaban J connectivity index is 1.11. The standard InChI is InChI=1S/C26H18N4O4S4/c31-21-19(37-25(33)29-21)9-13-1-5-15(6-2-13)17-11-35-23(27-17)24-28-18(12-36-24)16-7-3-14(4-8-16)10-20-22(32)30-26(34)38-20/h1-8,11-12,19-20H,9-10H2,(H,29,31,33)(H,30,32,34). The van der Waals surface area contributed by atoms with E-state index in [1.165, 1.54) is 22.7 Å². The molecule has 2 unspecified atom stereocenters. The number of amides is 4. The summed E-state index contributed by atoms with van der Waals surface area (Å²) in [5, 5.41) is 8.97. The maximum Gasteiger partial charge on any atom is 0.286 e. The Morgan fingerprint density at radius 3 is 1.34 bits per heavy atom. The van der Waals surface area contributed by atoms with Gasteiger partial charge in [0, 0.05) is 21.9 Å². The first kappa shape index (κ1) is 25.0. The van der Waals surface area contributed by atoms with Crippen molar-refractivity contribution in [3.63, 3.8) is 0 Å². The zero-order valence-electron chi connectivity index (χ0n) is 19.5. The van der Waals surface area contributed by atoms with Gasteiger partial charge in [-0.05, 0) is 24.0 Å². The molecule has 0 saturated carbocycles. The molecule has 4 aromatic rings. The minimum Gasteiger partial charge on any atom is -0.286 e. The molecule has 4 heterocycles. The average Bonchev–Trinajstić information content (AvgIpc) is 3.69. The second-order valence-electron chi connectivity index (χ2n) is 8.64. The minimum absolute atomic E-state index is 0.234. The molecule has 0 aliphatic carbocycles. The number of thioether (sulfide) groups is 2. The summed E-state index contributed by atoms with van der Waals surface area (Å²) in [5.74, 6) is -0.469. The van der Waals surface area contributed by atoms with E-state index in [1.807, 2.05) is 59.3 Å². The lowest BCUT2D eigenvalue weighted by molar-refractivity contribution is -0.119. The number of benzene rings is 2. The van der Waals surface area contributed by atoms with Crippen LogP contribution in [0.15, 0.2) is 59.3 Å². The molecule has 8 nitrogen and oxygen atoms in total. The Kier molecular flexibility index (Phi) is 6.87. The Hall–Kier alpha value is -3.32. The van der Waals surface area contributed by atoms with Gasteiger partial charge in [0.15, 0.2) is 10.0 Å². The highest BCUT2D eigenvalue weighted by atomic mass is 32.2. The molecule has 6 rings (SSSR count). The molecule has 4 amide bonds. The van der Waals surface area contributed by atoms with Gasteiger partial charge in [0.25, 0.3) is 10.5 Å². The van der Waals surface area contributed by atoms with Gasteiger partial charge in [0.05, 0.1) is 21.9 Å². The SMILES string of the molecule is O=C1NC(=O)C(Cc2ccc(-c3csc(-c4nc(-c5ccc(CC6SC(=O)NC6=O)cc5)cs4)n3)cc2)S1. The topological polar surface area (TPSA) is 118 Å². The van der Waals surface area contributed by atoms with Crippen LogP contribution in [-0.2, 0) is 22.4 Å². The van der Waals surface area contributed by atoms with E-state index in [0.717, 1.165) is 67.2 Å². The normalized spacial score (nSPS) is 19.2. The molecule has 2 aliphatic heterocycles. The van der Waals surface area contributed by atoms with Crippen molar-refractivity contribution >= 4 is 68.5 Å². The lowest BCUT2D eigenvalue weighted by atomic mass is 10.1. The largest absolute Gasteiger partial charge is 0.286 e. The second kappa shape index (κ2) is 10.4. The summed E-state index contributed by atoms with van der Waals surface area (Å²) < 4.78 is 0. The molecule has 190 valence electrons. The summed E-state index contributed by atoms with van der Waals surface area (Å²) in [6, 6.07) is 15.8. The Morgan fingerprint density at radius 1 is 0.605 bits per heavy atom. The number of rotatable bonds is 7. The highest BCUT2D eigenvalue weighted by molar-refractivity contribution is 8.15. The summed E-state index contributed by atoms with van der Waals surface area (Å²) in [6.07, 6.45) is 1.00. The Morgan fingerprint density at radius 2 is 1.00 bits per heavy atom. The van der Waals surface area contributed by atoms with Gasteiger partial charge in [-0.1, -0.05) is 72.1 Å². The Labute approximate surface area is 233 Å². The molecule has 2 atom stereocenters. The van der Waals surface area contributed by atoms with Gasteiger partial charge < -0.3 is 0 Å². The number of imide groups is 2. The molecule has 2 aromatic heterocycles. The van der Waals surface area contributed by atoms with Crippen LogP contribution in [-0.4, -0.2) is 42.8 Å². The van der Waals surface area contributed by atoms with Gasteiger partial charge in [-0.2, -0.15) is 0 Å². The van der Waals surface area contributed by atoms with Gasteiger partial charge in [0.1, 0.15) is 0 Å². The number of thiazole rings is 2. The minimum atomic E-state index is -0.381. The number of aromatic nitrogens is 2. The zero-order valence-corrected chi connectivity index (χ0v) is 22.8. The number of carbonyl (C=O) groups excluding carboxylic acids is 4. The van der Waals surface area contributed by atoms with Gasteiger partial charge in [-0.3, -0.25) is 29.8 Å². The van der Waals surface area contributed by atoms with Crippen LogP contribution in [0, 0.1) is 0 Å². The maximum absolute atomic E-state index is 11.8. The molecule has 0 spiro atoms. The third kappa shape index (κ3) is 5.30. The van der Waals surface area contributed by atoms with Crippen LogP contribution < -0.4 is 10.6 Å². The van der Waals surface area contributed by atoms with Gasteiger partial charge in [-0.25, -0.2) is 9.97 Å². The van der Waals surface area contributed by atoms with Gasteiger partial charge >= 0.3 is 0 Å². The van der Waals surface area contributed by atoms with E-state index < -0.39 is 0 Å². The van der Waals surface area contributed by atoms with Crippen molar-refractivity contribution < 1.29 is 19.2 Å². The van der Waals surface area contributed by atoms with Crippen LogP contribution in [0.5, 0.6) is 0 Å². The third-order valence-corrected chi connectivity index (χ3v) is 9.86. The van der Waals surface area contributed by atoms with Crippen LogP contribution in [0.3, 0.4) is 0 Å². The van der Waals surface area contributed by atoms with Crippen molar-refractivity contribution in [2.75, 3.05) is 0 Å². The van der Waals surface area contributed by atoms with Crippen LogP contribution in [0.4, 0.5) is 9.59 Å². The van der Waals surface area contributed by atoms with E-state index in [4.69, 9.17) is 9.97 Å². The fourth-order valence-corrected chi connectivity index (χ4v) is 7.54. The summed E-state index contributed by atoms with van der Waals surface area (Å²) >= 11 is 5.14. The highest BCUT2D eigenvalue weighted by Gasteiger charge is 2.32. The molecule has 2 saturated heterocycles. The van der Waals surface area contributed by atoms with Crippen molar-refractivity contribution in [1.29, 1.82) is 0 Å². The summed E-state index contributed by atoms with van der Waals surface area (Å²) in [6.45, 7) is 0. The van der Waals surface area contributed by atoms with Crippen molar-refractivity contribution in [3.8, 4) is 32.5 Å². The second-order valence-corrected chi connectivity index (χ2v) is 12.7. The fraction of sp³-hybridized carbons (Fsp3) is 0.154. The van der Waals surface area contributed by atoms with Crippen molar-refractivity contribution in [2.45, 2.75) is 23.3 Å². The number of nitrogens with zero attached hydrogens (tertiary/aromatic N) is 2. The summed E-state index contributed by atoms with van der Waals surface area (Å²) in [7, 11) is 0. The molecule has 2 N–H and O–H groups in total. The number of hydrogen-bond donors (Lipinski definition) is 2. The van der Waals surface area contributed by atoms with Crippen molar-refractivity contribution in [3.05, 3.63) is 70.4 Å². The molecule has 0 bridgehead atoms. The zero-order chi connectivity index (χ0) is 26.2. The van der Waals surface area contributed by atoms with Crippen LogP contribution >= 0.6 is 46.2 Å². The monoisotopic (exact) mass is 578 g/mol. The number of hydrogen-bond acceptors (Lipinski definition) is 10. The average molecular weight is 579 g/mol. The Bertz CT molecular complexity index is 1440. The van der Waals surface area contributed by atoms with E-state index in [9.17, 15) is 19.2 Å². The number of nitrogens with one attached hydrogen (secondary N) is 2. The number of carbonyl (C=O) groups is 4. The van der Waals surface area contributed by atoms with E-state index in [1.54, 1.807) is 0 Å². The van der Waals surface area contributed by atoms with E-state index in [2.05, 4.69) is 10.6 Å². The van der Waals surface area contributed by atoms with Crippen LogP contribution in [0.25, 0.3) is 32.5 Å². The van der Waals surface area contributed by atoms with Gasteiger partial charge in [0.2, 0.25) is 11.8 Å². The lowest BCUT2D eigenvalue weighted by Gasteiger charge is -2.06. The first-order chi connectivity index (χ1) is 18.4. The molecule has 0 radical (unpaired) electrons. The smallest absolute Gasteiger partial charge is 0.286 e. The van der Waals surface area contributed by atoms with Crippen molar-refractivity contribution in [1.82, 2.24) is 20.6 Å². The summed E-state index contributed by atoms with van der Waals surface area (Å²) in [4.78, 5) is 56.0. The van der Waals surface area contributed by atoms with Crippen LogP contribution in [0.1, 0.15) is 11.1 Å². The lowest BCUT2D eigenvalue weighted by Crippen LogP contribution is -2.25. The molecular weight excluding hydrogens is 561 g/mol. The van der Waals surface area contributed by atoms with E-state index in [-0.39, 0.29) is 32.8 Å². The van der Waals surface area contributed by atoms with Gasteiger partial charge in [-0.15, -0.1) is 22.7 Å². The summed E-state index contributed by atoms with van der Waals surface area (Å²) in [5.41, 5.74) is 5.63. The fourth-order valence-electron chi connectivity index (χ4n) is 4.12. The molecule has 2 fully saturated rings. The first-order valence-electron chi connectivity index (χ1n) is 11.5.